The molecule has 0 N–H and O–H groups in total. The molecule has 1 heterocycles. The Labute approximate surface area is 154 Å². The van der Waals surface area contributed by atoms with Crippen LogP contribution in [-0.4, -0.2) is 5.78 Å². The van der Waals surface area contributed by atoms with Gasteiger partial charge in [-0.15, -0.1) is 0 Å². The molecule has 1 aliphatic heterocycles. The minimum atomic E-state index is -0.759. The number of hydrogen-bond acceptors (Lipinski definition) is 2. The minimum Gasteiger partial charge on any atom is -0.479 e. The van der Waals surface area contributed by atoms with Crippen molar-refractivity contribution in [3.63, 3.8) is 0 Å². The Hall–Kier alpha value is -2.35. The third-order valence-electron chi connectivity index (χ3n) is 6.31. The number of carbonyl (C=O) groups is 1. The summed E-state index contributed by atoms with van der Waals surface area (Å²) >= 11 is 0. The van der Waals surface area contributed by atoms with Crippen LogP contribution in [0.4, 0.5) is 0 Å². The van der Waals surface area contributed by atoms with Gasteiger partial charge < -0.3 is 4.74 Å². The van der Waals surface area contributed by atoms with Crippen LogP contribution >= 0.6 is 0 Å². The first-order valence-electron chi connectivity index (χ1n) is 9.89. The number of Topliss-reactive ketones (excluding diaryl/α,β-unsaturated/α-hetero) is 1. The number of fused-ring (bicyclic) bond motifs is 4. The maximum Gasteiger partial charge on any atom is 0.192 e. The Morgan fingerprint density at radius 1 is 0.769 bits per heavy atom. The van der Waals surface area contributed by atoms with Crippen molar-refractivity contribution in [2.45, 2.75) is 57.0 Å². The quantitative estimate of drug-likeness (QED) is 0.644. The van der Waals surface area contributed by atoms with Gasteiger partial charge in [0, 0.05) is 24.8 Å². The van der Waals surface area contributed by atoms with E-state index in [1.807, 2.05) is 0 Å². The lowest BCUT2D eigenvalue weighted by Crippen LogP contribution is -2.40. The average molecular weight is 344 g/mol. The fraction of sp³-hybridized carbons (Fsp3) is 0.375. The maximum atomic E-state index is 13.2. The fourth-order valence-corrected chi connectivity index (χ4v) is 5.03. The van der Waals surface area contributed by atoms with Crippen molar-refractivity contribution in [3.05, 3.63) is 76.5 Å². The summed E-state index contributed by atoms with van der Waals surface area (Å²) in [7, 11) is 0. The zero-order valence-corrected chi connectivity index (χ0v) is 15.1. The van der Waals surface area contributed by atoms with E-state index in [1.165, 1.54) is 22.3 Å². The molecule has 0 fully saturated rings. The Bertz CT molecular complexity index is 908. The van der Waals surface area contributed by atoms with E-state index in [-0.39, 0.29) is 5.78 Å². The topological polar surface area (TPSA) is 26.3 Å². The molecule has 0 aromatic heterocycles. The van der Waals surface area contributed by atoms with Crippen molar-refractivity contribution in [1.29, 1.82) is 0 Å². The van der Waals surface area contributed by atoms with Crippen LogP contribution in [0.15, 0.2) is 54.3 Å². The second-order valence-electron chi connectivity index (χ2n) is 7.78. The third-order valence-corrected chi connectivity index (χ3v) is 6.31. The van der Waals surface area contributed by atoms with Gasteiger partial charge in [-0.05, 0) is 54.4 Å². The van der Waals surface area contributed by atoms with Crippen LogP contribution in [0.5, 0.6) is 0 Å². The summed E-state index contributed by atoms with van der Waals surface area (Å²) in [5.41, 5.74) is 5.74. The molecule has 0 amide bonds. The second-order valence-corrected chi connectivity index (χ2v) is 7.78. The van der Waals surface area contributed by atoms with Gasteiger partial charge in [0.05, 0.1) is 0 Å². The highest BCUT2D eigenvalue weighted by atomic mass is 16.5. The largest absolute Gasteiger partial charge is 0.479 e. The lowest BCUT2D eigenvalue weighted by atomic mass is 9.78. The van der Waals surface area contributed by atoms with E-state index < -0.39 is 5.60 Å². The predicted octanol–water partition coefficient (Wildman–Crippen LogP) is 5.35. The van der Waals surface area contributed by atoms with Gasteiger partial charge in [-0.2, -0.15) is 0 Å². The summed E-state index contributed by atoms with van der Waals surface area (Å²) in [4.78, 5) is 13.2. The van der Waals surface area contributed by atoms with Crippen molar-refractivity contribution in [2.24, 2.45) is 0 Å². The Balaban J connectivity index is 1.64. The number of benzene rings is 2. The van der Waals surface area contributed by atoms with Crippen molar-refractivity contribution in [2.75, 3.05) is 0 Å². The molecule has 0 bridgehead atoms. The van der Waals surface area contributed by atoms with E-state index >= 15 is 0 Å². The van der Waals surface area contributed by atoms with Crippen LogP contribution in [0.1, 0.15) is 60.8 Å². The highest BCUT2D eigenvalue weighted by molar-refractivity contribution is 5.91. The van der Waals surface area contributed by atoms with E-state index in [4.69, 9.17) is 4.74 Å². The summed E-state index contributed by atoms with van der Waals surface area (Å²) < 4.78 is 6.70. The number of ether oxygens (including phenoxy) is 1. The van der Waals surface area contributed by atoms with Gasteiger partial charge in [-0.25, -0.2) is 0 Å². The van der Waals surface area contributed by atoms with Crippen LogP contribution in [0.2, 0.25) is 0 Å². The Morgan fingerprint density at radius 3 is 2.42 bits per heavy atom. The summed E-state index contributed by atoms with van der Waals surface area (Å²) in [6.45, 7) is 0. The van der Waals surface area contributed by atoms with Gasteiger partial charge in [0.25, 0.3) is 0 Å². The molecular formula is C24H24O2. The summed E-state index contributed by atoms with van der Waals surface area (Å²) in [5, 5.41) is 0. The first-order valence-corrected chi connectivity index (χ1v) is 9.89. The molecule has 2 aliphatic carbocycles. The first-order chi connectivity index (χ1) is 12.8. The molecule has 1 spiro atoms. The van der Waals surface area contributed by atoms with Crippen LogP contribution in [0.25, 0.3) is 5.57 Å². The lowest BCUT2D eigenvalue weighted by Gasteiger charge is -2.39. The molecule has 2 heteroatoms. The molecule has 1 atom stereocenters. The standard InChI is InChI=1S/C24H24O2/c25-23-14-6-10-18-8-2-4-12-21(18)24(23)16-15-20-19-11-3-1-7-17(19)9-5-13-22(20)26-24/h1-4,7-8,11-12H,5-6,9-10,13-16H2/t24-/m1/s1. The SMILES string of the molecule is O=C1CCCc2ccccc2[C@]12CCC1=C(CCCc3ccccc31)O2. The van der Waals surface area contributed by atoms with Gasteiger partial charge in [0.2, 0.25) is 0 Å². The molecule has 2 aromatic rings. The van der Waals surface area contributed by atoms with E-state index in [9.17, 15) is 4.79 Å². The van der Waals surface area contributed by atoms with Gasteiger partial charge in [0.15, 0.2) is 11.4 Å². The van der Waals surface area contributed by atoms with Crippen molar-refractivity contribution in [1.82, 2.24) is 0 Å². The molecule has 2 aromatic carbocycles. The first kappa shape index (κ1) is 15.9. The molecule has 3 aliphatic rings. The van der Waals surface area contributed by atoms with Crippen molar-refractivity contribution in [3.8, 4) is 0 Å². The normalized spacial score (nSPS) is 24.8. The Kier molecular flexibility index (Phi) is 3.74. The third kappa shape index (κ3) is 2.35. The van der Waals surface area contributed by atoms with Crippen LogP contribution in [0.3, 0.4) is 0 Å². The lowest BCUT2D eigenvalue weighted by molar-refractivity contribution is -0.143. The summed E-state index contributed by atoms with van der Waals surface area (Å²) in [6, 6.07) is 17.1. The molecule has 0 radical (unpaired) electrons. The molecular weight excluding hydrogens is 320 g/mol. The van der Waals surface area contributed by atoms with Gasteiger partial charge in [-0.1, -0.05) is 48.5 Å². The highest BCUT2D eigenvalue weighted by Crippen LogP contribution is 2.48. The molecule has 5 rings (SSSR count). The average Bonchev–Trinajstić information content (AvgIpc) is 2.93. The molecule has 132 valence electrons. The zero-order chi connectivity index (χ0) is 17.6. The van der Waals surface area contributed by atoms with Gasteiger partial charge >= 0.3 is 0 Å². The van der Waals surface area contributed by atoms with E-state index in [1.54, 1.807) is 0 Å². The minimum absolute atomic E-state index is 0.270. The van der Waals surface area contributed by atoms with Crippen molar-refractivity contribution < 1.29 is 9.53 Å². The summed E-state index contributed by atoms with van der Waals surface area (Å²) in [5.74, 6) is 1.33. The predicted molar refractivity (Wildman–Crippen MR) is 103 cm³/mol. The van der Waals surface area contributed by atoms with Crippen LogP contribution in [0, 0.1) is 0 Å². The van der Waals surface area contributed by atoms with E-state index in [0.717, 1.165) is 56.3 Å². The number of allylic oxidation sites excluding steroid dienone is 2. The second kappa shape index (κ2) is 6.12. The number of hydrogen-bond donors (Lipinski definition) is 0. The smallest absolute Gasteiger partial charge is 0.192 e. The van der Waals surface area contributed by atoms with Crippen LogP contribution in [-0.2, 0) is 28.0 Å². The van der Waals surface area contributed by atoms with E-state index in [2.05, 4.69) is 48.5 Å². The molecule has 0 saturated heterocycles. The van der Waals surface area contributed by atoms with E-state index in [0.29, 0.717) is 6.42 Å². The number of ketones is 1. The number of aryl methyl sites for hydroxylation is 2. The van der Waals surface area contributed by atoms with Gasteiger partial charge in [-0.3, -0.25) is 4.79 Å². The van der Waals surface area contributed by atoms with Gasteiger partial charge in [0.1, 0.15) is 5.76 Å². The highest BCUT2D eigenvalue weighted by Gasteiger charge is 2.47. The Morgan fingerprint density at radius 2 is 1.50 bits per heavy atom. The number of rotatable bonds is 0. The van der Waals surface area contributed by atoms with Crippen LogP contribution < -0.4 is 0 Å². The zero-order valence-electron chi connectivity index (χ0n) is 15.1. The molecule has 0 saturated carbocycles. The molecule has 26 heavy (non-hydrogen) atoms. The summed E-state index contributed by atoms with van der Waals surface area (Å²) in [6.07, 6.45) is 7.31. The molecule has 2 nitrogen and oxygen atoms in total. The van der Waals surface area contributed by atoms with Crippen molar-refractivity contribution >= 4 is 11.4 Å². The maximum absolute atomic E-state index is 13.2. The fourth-order valence-electron chi connectivity index (χ4n) is 5.03. The molecule has 0 unspecified atom stereocenters. The monoisotopic (exact) mass is 344 g/mol. The number of carbonyl (C=O) groups excluding carboxylic acids is 1.